The van der Waals surface area contributed by atoms with Crippen LogP contribution in [0, 0.1) is 11.7 Å². The van der Waals surface area contributed by atoms with Crippen LogP contribution in [0.2, 0.25) is 0 Å². The molecule has 2 aromatic rings. The molecule has 0 atom stereocenters. The van der Waals surface area contributed by atoms with E-state index in [1.807, 2.05) is 18.2 Å². The quantitative estimate of drug-likeness (QED) is 0.456. The molecule has 5 heteroatoms. The molecule has 1 fully saturated rings. The van der Waals surface area contributed by atoms with Gasteiger partial charge in [0, 0.05) is 23.2 Å². The molecule has 1 N–H and O–H groups in total. The third-order valence-corrected chi connectivity index (χ3v) is 4.63. The Morgan fingerprint density at radius 3 is 3.00 bits per heavy atom. The van der Waals surface area contributed by atoms with Crippen LogP contribution >= 0.6 is 0 Å². The van der Waals surface area contributed by atoms with Crippen LogP contribution in [-0.4, -0.2) is 24.8 Å². The average Bonchev–Trinajstić information content (AvgIpc) is 2.68. The first-order valence-corrected chi connectivity index (χ1v) is 8.96. The van der Waals surface area contributed by atoms with E-state index in [1.54, 1.807) is 12.3 Å². The van der Waals surface area contributed by atoms with Crippen LogP contribution in [0.15, 0.2) is 59.6 Å². The monoisotopic (exact) mass is 353 g/mol. The van der Waals surface area contributed by atoms with E-state index in [4.69, 9.17) is 4.74 Å². The number of hydrogen-bond donors (Lipinski definition) is 1. The number of nitrogens with one attached hydrogen (secondary N) is 1. The van der Waals surface area contributed by atoms with Crippen LogP contribution < -0.4 is 5.32 Å². The SMILES string of the molecule is C=N/C(=C\C=C/CC1CCNCC1)OCc1ccnc2cc(F)ccc12. The predicted octanol–water partition coefficient (Wildman–Crippen LogP) is 4.38. The van der Waals surface area contributed by atoms with E-state index < -0.39 is 0 Å². The first-order valence-electron chi connectivity index (χ1n) is 8.96. The molecule has 1 aromatic heterocycles. The van der Waals surface area contributed by atoms with Crippen molar-refractivity contribution >= 4 is 17.6 Å². The van der Waals surface area contributed by atoms with Gasteiger partial charge in [0.05, 0.1) is 5.52 Å². The minimum absolute atomic E-state index is 0.296. The molecule has 0 aliphatic carbocycles. The lowest BCUT2D eigenvalue weighted by atomic mass is 9.94. The predicted molar refractivity (Wildman–Crippen MR) is 103 cm³/mol. The largest absolute Gasteiger partial charge is 0.473 e. The molecule has 26 heavy (non-hydrogen) atoms. The summed E-state index contributed by atoms with van der Waals surface area (Å²) in [5.41, 5.74) is 1.55. The van der Waals surface area contributed by atoms with Crippen LogP contribution in [0.3, 0.4) is 0 Å². The molecule has 1 saturated heterocycles. The van der Waals surface area contributed by atoms with Crippen LogP contribution in [0.4, 0.5) is 4.39 Å². The van der Waals surface area contributed by atoms with Crippen molar-refractivity contribution in [2.75, 3.05) is 13.1 Å². The lowest BCUT2D eigenvalue weighted by Gasteiger charge is -2.20. The molecule has 1 aliphatic rings. The Kier molecular flexibility index (Phi) is 6.50. The van der Waals surface area contributed by atoms with Crippen molar-refractivity contribution in [3.05, 3.63) is 66.0 Å². The Balaban J connectivity index is 1.59. The van der Waals surface area contributed by atoms with Crippen molar-refractivity contribution < 1.29 is 9.13 Å². The number of rotatable bonds is 7. The zero-order valence-electron chi connectivity index (χ0n) is 14.8. The van der Waals surface area contributed by atoms with E-state index in [-0.39, 0.29) is 5.82 Å². The molecule has 1 aromatic carbocycles. The third kappa shape index (κ3) is 4.99. The molecule has 0 saturated carbocycles. The highest BCUT2D eigenvalue weighted by molar-refractivity contribution is 5.81. The van der Waals surface area contributed by atoms with Crippen molar-refractivity contribution in [3.8, 4) is 0 Å². The van der Waals surface area contributed by atoms with Crippen LogP contribution in [0.5, 0.6) is 0 Å². The number of allylic oxidation sites excluding steroid dienone is 3. The number of halogens is 1. The van der Waals surface area contributed by atoms with Gasteiger partial charge in [-0.2, -0.15) is 0 Å². The standard InChI is InChI=1S/C21H24FN3O/c1-23-21(5-3-2-4-16-8-11-24-12-9-16)26-15-17-10-13-25-20-14-18(22)6-7-19(17)20/h2-3,5-7,10,13-14,16,24H,1,4,8-9,11-12,15H2/b3-2-,21-5+. The first-order chi connectivity index (χ1) is 12.8. The molecule has 0 bridgehead atoms. The maximum atomic E-state index is 13.3. The molecule has 2 heterocycles. The topological polar surface area (TPSA) is 46.5 Å². The van der Waals surface area contributed by atoms with E-state index in [1.165, 1.54) is 25.0 Å². The van der Waals surface area contributed by atoms with Crippen molar-refractivity contribution in [2.24, 2.45) is 10.9 Å². The summed E-state index contributed by atoms with van der Waals surface area (Å²) in [6, 6.07) is 6.44. The minimum atomic E-state index is -0.296. The number of nitrogens with zero attached hydrogens (tertiary/aromatic N) is 2. The summed E-state index contributed by atoms with van der Waals surface area (Å²) in [6.07, 6.45) is 11.2. The molecule has 0 unspecified atom stereocenters. The van der Waals surface area contributed by atoms with Crippen molar-refractivity contribution in [1.82, 2.24) is 10.3 Å². The molecule has 4 nitrogen and oxygen atoms in total. The smallest absolute Gasteiger partial charge is 0.212 e. The summed E-state index contributed by atoms with van der Waals surface area (Å²) in [5, 5.41) is 4.25. The van der Waals surface area contributed by atoms with E-state index in [0.29, 0.717) is 18.0 Å². The average molecular weight is 353 g/mol. The van der Waals surface area contributed by atoms with Crippen LogP contribution in [0.1, 0.15) is 24.8 Å². The Morgan fingerprint density at radius 1 is 1.35 bits per heavy atom. The third-order valence-electron chi connectivity index (χ3n) is 4.63. The maximum absolute atomic E-state index is 13.3. The van der Waals surface area contributed by atoms with Gasteiger partial charge in [-0.3, -0.25) is 4.98 Å². The van der Waals surface area contributed by atoms with Crippen molar-refractivity contribution in [2.45, 2.75) is 25.9 Å². The summed E-state index contributed by atoms with van der Waals surface area (Å²) < 4.78 is 19.1. The summed E-state index contributed by atoms with van der Waals surface area (Å²) in [7, 11) is 0. The van der Waals surface area contributed by atoms with Gasteiger partial charge in [-0.15, -0.1) is 0 Å². The maximum Gasteiger partial charge on any atom is 0.212 e. The van der Waals surface area contributed by atoms with Gasteiger partial charge in [0.25, 0.3) is 0 Å². The molecule has 0 radical (unpaired) electrons. The van der Waals surface area contributed by atoms with Crippen LogP contribution in [-0.2, 0) is 11.3 Å². The van der Waals surface area contributed by atoms with Gasteiger partial charge in [-0.25, -0.2) is 9.38 Å². The highest BCUT2D eigenvalue weighted by Gasteiger charge is 2.10. The number of aromatic nitrogens is 1. The van der Waals surface area contributed by atoms with E-state index in [9.17, 15) is 4.39 Å². The van der Waals surface area contributed by atoms with E-state index in [2.05, 4.69) is 28.1 Å². The van der Waals surface area contributed by atoms with Crippen LogP contribution in [0.25, 0.3) is 10.9 Å². The molecule has 136 valence electrons. The number of ether oxygens (including phenoxy) is 1. The van der Waals surface area contributed by atoms with Crippen molar-refractivity contribution in [3.63, 3.8) is 0 Å². The first kappa shape index (κ1) is 18.3. The number of benzene rings is 1. The van der Waals surface area contributed by atoms with Gasteiger partial charge >= 0.3 is 0 Å². The Bertz CT molecular complexity index is 810. The number of piperidine rings is 1. The number of pyridine rings is 1. The van der Waals surface area contributed by atoms with Gasteiger partial charge in [0.2, 0.25) is 5.88 Å². The lowest BCUT2D eigenvalue weighted by Crippen LogP contribution is -2.27. The van der Waals surface area contributed by atoms with E-state index in [0.717, 1.165) is 36.4 Å². The summed E-state index contributed by atoms with van der Waals surface area (Å²) in [4.78, 5) is 8.13. The summed E-state index contributed by atoms with van der Waals surface area (Å²) in [6.45, 7) is 6.12. The second kappa shape index (κ2) is 9.25. The second-order valence-corrected chi connectivity index (χ2v) is 6.44. The summed E-state index contributed by atoms with van der Waals surface area (Å²) >= 11 is 0. The zero-order valence-corrected chi connectivity index (χ0v) is 14.8. The molecule has 0 spiro atoms. The molecule has 3 rings (SSSR count). The van der Waals surface area contributed by atoms with Gasteiger partial charge in [0.15, 0.2) is 0 Å². The fourth-order valence-electron chi connectivity index (χ4n) is 3.14. The summed E-state index contributed by atoms with van der Waals surface area (Å²) in [5.74, 6) is 0.930. The molecule has 0 amide bonds. The zero-order chi connectivity index (χ0) is 18.2. The van der Waals surface area contributed by atoms with Crippen molar-refractivity contribution in [1.29, 1.82) is 0 Å². The lowest BCUT2D eigenvalue weighted by molar-refractivity contribution is 0.198. The highest BCUT2D eigenvalue weighted by Crippen LogP contribution is 2.20. The number of fused-ring (bicyclic) bond motifs is 1. The Labute approximate surface area is 153 Å². The molecule has 1 aliphatic heterocycles. The molecular weight excluding hydrogens is 329 g/mol. The highest BCUT2D eigenvalue weighted by atomic mass is 19.1. The van der Waals surface area contributed by atoms with Gasteiger partial charge in [0.1, 0.15) is 12.4 Å². The number of aliphatic imine (C=N–C) groups is 1. The van der Waals surface area contributed by atoms with Gasteiger partial charge in [-0.05, 0) is 69.3 Å². The Hall–Kier alpha value is -2.53. The molecular formula is C21H24FN3O. The van der Waals surface area contributed by atoms with E-state index >= 15 is 0 Å². The number of hydrogen-bond acceptors (Lipinski definition) is 4. The fourth-order valence-corrected chi connectivity index (χ4v) is 3.14. The Morgan fingerprint density at radius 2 is 2.19 bits per heavy atom. The fraction of sp³-hybridized carbons (Fsp3) is 0.333. The van der Waals surface area contributed by atoms with Gasteiger partial charge in [-0.1, -0.05) is 12.2 Å². The minimum Gasteiger partial charge on any atom is -0.473 e. The normalized spacial score (nSPS) is 16.3. The second-order valence-electron chi connectivity index (χ2n) is 6.44. The van der Waals surface area contributed by atoms with Gasteiger partial charge < -0.3 is 10.1 Å².